The lowest BCUT2D eigenvalue weighted by atomic mass is 10.2. The van der Waals surface area contributed by atoms with Crippen LogP contribution in [-0.4, -0.2) is 37.0 Å². The Balaban J connectivity index is 3.71. The Labute approximate surface area is 107 Å². The maximum Gasteiger partial charge on any atom is 0.306 e. The zero-order chi connectivity index (χ0) is 14.2. The molecule has 0 aliphatic carbocycles. The van der Waals surface area contributed by atoms with Crippen molar-refractivity contribution in [2.45, 2.75) is 45.6 Å². The Morgan fingerprint density at radius 1 is 1.00 bits per heavy atom. The molecule has 2 N–H and O–H groups in total. The second kappa shape index (κ2) is 7.68. The topological polar surface area (TPSA) is 84.5 Å². The van der Waals surface area contributed by atoms with Crippen LogP contribution in [0.1, 0.15) is 40.0 Å². The highest BCUT2D eigenvalue weighted by atomic mass is 16.6. The summed E-state index contributed by atoms with van der Waals surface area (Å²) in [6.45, 7) is 5.59. The minimum atomic E-state index is -0.535. The van der Waals surface area contributed by atoms with Gasteiger partial charge < -0.3 is 15.4 Å². The third-order valence-corrected chi connectivity index (χ3v) is 1.93. The molecular weight excluding hydrogens is 236 g/mol. The van der Waals surface area contributed by atoms with Crippen molar-refractivity contribution in [3.63, 3.8) is 0 Å². The van der Waals surface area contributed by atoms with Crippen LogP contribution in [0.3, 0.4) is 0 Å². The number of carbonyl (C=O) groups excluding carboxylic acids is 3. The molecule has 0 bridgehead atoms. The summed E-state index contributed by atoms with van der Waals surface area (Å²) in [6, 6.07) is 0. The van der Waals surface area contributed by atoms with Crippen LogP contribution < -0.4 is 10.6 Å². The maximum absolute atomic E-state index is 11.3. The largest absolute Gasteiger partial charge is 0.460 e. The summed E-state index contributed by atoms with van der Waals surface area (Å²) < 4.78 is 5.07. The lowest BCUT2D eigenvalue weighted by molar-refractivity contribution is -0.155. The predicted octanol–water partition coefficient (Wildman–Crippen LogP) is 0.361. The van der Waals surface area contributed by atoms with E-state index < -0.39 is 11.6 Å². The van der Waals surface area contributed by atoms with Gasteiger partial charge in [-0.05, 0) is 20.8 Å². The Kier molecular flexibility index (Phi) is 7.00. The molecule has 0 aromatic rings. The number of hydrogen-bond acceptors (Lipinski definition) is 4. The molecule has 0 aromatic heterocycles. The molecule has 0 spiro atoms. The first-order valence-electron chi connectivity index (χ1n) is 5.93. The lowest BCUT2D eigenvalue weighted by Crippen LogP contribution is -2.30. The van der Waals surface area contributed by atoms with E-state index in [2.05, 4.69) is 10.6 Å². The summed E-state index contributed by atoms with van der Waals surface area (Å²) in [5, 5.41) is 5.01. The third-order valence-electron chi connectivity index (χ3n) is 1.93. The second-order valence-electron chi connectivity index (χ2n) is 4.86. The average Bonchev–Trinajstić information content (AvgIpc) is 2.23. The number of ether oxygens (including phenoxy) is 1. The number of amides is 2. The maximum atomic E-state index is 11.3. The molecule has 0 heterocycles. The smallest absolute Gasteiger partial charge is 0.306 e. The van der Waals surface area contributed by atoms with Crippen LogP contribution in [0.5, 0.6) is 0 Å². The molecule has 6 nitrogen and oxygen atoms in total. The van der Waals surface area contributed by atoms with Crippen LogP contribution in [0.4, 0.5) is 0 Å². The highest BCUT2D eigenvalue weighted by molar-refractivity contribution is 5.82. The summed E-state index contributed by atoms with van der Waals surface area (Å²) >= 11 is 0. The molecule has 18 heavy (non-hydrogen) atoms. The molecule has 2 amide bonds. The summed E-state index contributed by atoms with van der Waals surface area (Å²) in [5.41, 5.74) is -0.535. The van der Waals surface area contributed by atoms with Crippen LogP contribution in [-0.2, 0) is 19.1 Å². The van der Waals surface area contributed by atoms with Gasteiger partial charge in [0.15, 0.2) is 0 Å². The standard InChI is InChI=1S/C12H22N2O4/c1-12(2,3)18-11(17)6-5-10(16)14-8-7-9(15)13-4/h5-8H2,1-4H3,(H,13,15)(H,14,16). The molecule has 0 radical (unpaired) electrons. The van der Waals surface area contributed by atoms with E-state index in [1.165, 1.54) is 7.05 Å². The summed E-state index contributed by atoms with van der Waals surface area (Å²) in [4.78, 5) is 33.5. The number of nitrogens with one attached hydrogen (secondary N) is 2. The van der Waals surface area contributed by atoms with Crippen molar-refractivity contribution in [3.05, 3.63) is 0 Å². The van der Waals surface area contributed by atoms with E-state index in [4.69, 9.17) is 4.74 Å². The Morgan fingerprint density at radius 3 is 2.11 bits per heavy atom. The highest BCUT2D eigenvalue weighted by Crippen LogP contribution is 2.08. The average molecular weight is 258 g/mol. The minimum absolute atomic E-state index is 0.0447. The molecular formula is C12H22N2O4. The van der Waals surface area contributed by atoms with Gasteiger partial charge in [0.05, 0.1) is 6.42 Å². The van der Waals surface area contributed by atoms with Crippen molar-refractivity contribution >= 4 is 17.8 Å². The van der Waals surface area contributed by atoms with E-state index in [0.717, 1.165) is 0 Å². The van der Waals surface area contributed by atoms with Gasteiger partial charge in [0.2, 0.25) is 11.8 Å². The minimum Gasteiger partial charge on any atom is -0.460 e. The van der Waals surface area contributed by atoms with Crippen molar-refractivity contribution in [1.29, 1.82) is 0 Å². The quantitative estimate of drug-likeness (QED) is 0.674. The fourth-order valence-corrected chi connectivity index (χ4v) is 1.14. The number of hydrogen-bond donors (Lipinski definition) is 2. The SMILES string of the molecule is CNC(=O)CCNC(=O)CCC(=O)OC(C)(C)C. The highest BCUT2D eigenvalue weighted by Gasteiger charge is 2.16. The van der Waals surface area contributed by atoms with Gasteiger partial charge in [-0.25, -0.2) is 0 Å². The molecule has 0 aliphatic heterocycles. The third kappa shape index (κ3) is 9.62. The summed E-state index contributed by atoms with van der Waals surface area (Å²) in [5.74, 6) is -0.795. The Hall–Kier alpha value is -1.59. The van der Waals surface area contributed by atoms with Gasteiger partial charge in [-0.2, -0.15) is 0 Å². The van der Waals surface area contributed by atoms with Gasteiger partial charge >= 0.3 is 5.97 Å². The molecule has 0 unspecified atom stereocenters. The first kappa shape index (κ1) is 16.4. The van der Waals surface area contributed by atoms with Crippen LogP contribution in [0.2, 0.25) is 0 Å². The molecule has 0 fully saturated rings. The van der Waals surface area contributed by atoms with Gasteiger partial charge in [0.25, 0.3) is 0 Å². The lowest BCUT2D eigenvalue weighted by Gasteiger charge is -2.19. The Morgan fingerprint density at radius 2 is 1.61 bits per heavy atom. The molecule has 0 atom stereocenters. The molecule has 0 saturated carbocycles. The normalized spacial score (nSPS) is 10.7. The van der Waals surface area contributed by atoms with Gasteiger partial charge in [0.1, 0.15) is 5.60 Å². The van der Waals surface area contributed by atoms with Crippen molar-refractivity contribution < 1.29 is 19.1 Å². The second-order valence-corrected chi connectivity index (χ2v) is 4.86. The van der Waals surface area contributed by atoms with E-state index in [-0.39, 0.29) is 37.6 Å². The van der Waals surface area contributed by atoms with Crippen molar-refractivity contribution in [2.75, 3.05) is 13.6 Å². The fourth-order valence-electron chi connectivity index (χ4n) is 1.14. The molecule has 0 aliphatic rings. The van der Waals surface area contributed by atoms with Gasteiger partial charge in [-0.3, -0.25) is 14.4 Å². The molecule has 104 valence electrons. The van der Waals surface area contributed by atoms with Crippen LogP contribution in [0.25, 0.3) is 0 Å². The van der Waals surface area contributed by atoms with E-state index in [9.17, 15) is 14.4 Å². The molecule has 0 saturated heterocycles. The monoisotopic (exact) mass is 258 g/mol. The zero-order valence-electron chi connectivity index (χ0n) is 11.5. The molecule has 6 heteroatoms. The number of rotatable bonds is 6. The van der Waals surface area contributed by atoms with Crippen molar-refractivity contribution in [2.24, 2.45) is 0 Å². The first-order valence-corrected chi connectivity index (χ1v) is 5.93. The fraction of sp³-hybridized carbons (Fsp3) is 0.750. The summed E-state index contributed by atoms with van der Waals surface area (Å²) in [6.07, 6.45) is 0.348. The van der Waals surface area contributed by atoms with Crippen LogP contribution >= 0.6 is 0 Å². The van der Waals surface area contributed by atoms with Crippen LogP contribution in [0, 0.1) is 0 Å². The van der Waals surface area contributed by atoms with Gasteiger partial charge in [-0.1, -0.05) is 0 Å². The van der Waals surface area contributed by atoms with E-state index in [0.29, 0.717) is 0 Å². The number of esters is 1. The number of carbonyl (C=O) groups is 3. The molecule has 0 rings (SSSR count). The van der Waals surface area contributed by atoms with Gasteiger partial charge in [-0.15, -0.1) is 0 Å². The summed E-state index contributed by atoms with van der Waals surface area (Å²) in [7, 11) is 1.53. The van der Waals surface area contributed by atoms with E-state index in [1.807, 2.05) is 0 Å². The molecule has 0 aromatic carbocycles. The van der Waals surface area contributed by atoms with Gasteiger partial charge in [0, 0.05) is 26.4 Å². The van der Waals surface area contributed by atoms with Crippen molar-refractivity contribution in [1.82, 2.24) is 10.6 Å². The first-order chi connectivity index (χ1) is 8.24. The van der Waals surface area contributed by atoms with Crippen molar-refractivity contribution in [3.8, 4) is 0 Å². The van der Waals surface area contributed by atoms with E-state index >= 15 is 0 Å². The van der Waals surface area contributed by atoms with Crippen LogP contribution in [0.15, 0.2) is 0 Å². The predicted molar refractivity (Wildman–Crippen MR) is 66.8 cm³/mol. The Bertz CT molecular complexity index is 308. The van der Waals surface area contributed by atoms with E-state index in [1.54, 1.807) is 20.8 Å². The zero-order valence-corrected chi connectivity index (χ0v) is 11.5.